The quantitative estimate of drug-likeness (QED) is 0.716. The lowest BCUT2D eigenvalue weighted by Gasteiger charge is -2.13. The summed E-state index contributed by atoms with van der Waals surface area (Å²) in [6.07, 6.45) is 0. The molecule has 0 fully saturated rings. The Morgan fingerprint density at radius 3 is 2.50 bits per heavy atom. The summed E-state index contributed by atoms with van der Waals surface area (Å²) in [7, 11) is 1.53. The molecule has 0 N–H and O–H groups in total. The lowest BCUT2D eigenvalue weighted by Crippen LogP contribution is -2.01. The van der Waals surface area contributed by atoms with Gasteiger partial charge in [-0.05, 0) is 18.2 Å². The molecule has 0 unspecified atom stereocenters. The molecule has 76 valence electrons. The van der Waals surface area contributed by atoms with Crippen molar-refractivity contribution < 1.29 is 9.53 Å². The van der Waals surface area contributed by atoms with Gasteiger partial charge in [-0.3, -0.25) is 8.51 Å². The molecule has 0 amide bonds. The summed E-state index contributed by atoms with van der Waals surface area (Å²) < 4.78 is 6.24. The van der Waals surface area contributed by atoms with Crippen LogP contribution in [0.15, 0.2) is 18.2 Å². The van der Waals surface area contributed by atoms with Crippen molar-refractivity contribution in [2.24, 2.45) is 0 Å². The summed E-state index contributed by atoms with van der Waals surface area (Å²) >= 11 is 11.7. The molecule has 6 heteroatoms. The van der Waals surface area contributed by atoms with Crippen LogP contribution in [0.1, 0.15) is 10.4 Å². The van der Waals surface area contributed by atoms with Crippen molar-refractivity contribution in [1.82, 2.24) is 0 Å². The smallest absolute Gasteiger partial charge is 0.218 e. The van der Waals surface area contributed by atoms with E-state index in [1.807, 2.05) is 0 Å². The molecule has 1 aromatic rings. The third-order valence-corrected chi connectivity index (χ3v) is 2.32. The van der Waals surface area contributed by atoms with E-state index < -0.39 is 0 Å². The molecule has 0 aliphatic carbocycles. The second-order valence-electron chi connectivity index (χ2n) is 2.48. The molecule has 0 spiro atoms. The van der Waals surface area contributed by atoms with Crippen molar-refractivity contribution >= 4 is 49.1 Å². The minimum Gasteiger partial charge on any atom is -0.497 e. The Balaban J connectivity index is 3.24. The van der Waals surface area contributed by atoms with E-state index in [-0.39, 0.29) is 5.12 Å². The molecule has 3 nitrogen and oxygen atoms in total. The average molecular weight is 247 g/mol. The zero-order valence-corrected chi connectivity index (χ0v) is 10.0. The second-order valence-corrected chi connectivity index (χ2v) is 4.00. The molecule has 1 aromatic carbocycles. The van der Waals surface area contributed by atoms with Gasteiger partial charge in [-0.25, -0.2) is 0 Å². The highest BCUT2D eigenvalue weighted by Crippen LogP contribution is 2.28. The summed E-state index contributed by atoms with van der Waals surface area (Å²) in [6.45, 7) is 0. The molecular weight excluding hydrogens is 238 g/mol. The zero-order valence-electron chi connectivity index (χ0n) is 7.34. The summed E-state index contributed by atoms with van der Waals surface area (Å²) in [5.41, 5.74) is 0.968. The maximum atomic E-state index is 11.2. The summed E-state index contributed by atoms with van der Waals surface area (Å²) in [4.78, 5) is 11.2. The van der Waals surface area contributed by atoms with E-state index >= 15 is 0 Å². The van der Waals surface area contributed by atoms with E-state index in [1.54, 1.807) is 18.2 Å². The average Bonchev–Trinajstić information content (AvgIpc) is 2.16. The van der Waals surface area contributed by atoms with Crippen molar-refractivity contribution in [2.75, 3.05) is 10.8 Å². The molecule has 0 bridgehead atoms. The van der Waals surface area contributed by atoms with Crippen molar-refractivity contribution in [3.05, 3.63) is 23.8 Å². The largest absolute Gasteiger partial charge is 0.497 e. The van der Waals surface area contributed by atoms with Crippen LogP contribution in [0.25, 0.3) is 0 Å². The fourth-order valence-electron chi connectivity index (χ4n) is 0.988. The standard InChI is InChI=1S/C8H9NO2S3/c1-11-5-2-3-7(9(13)14)6(4-5)8(10)12/h2-4,13-14H,1H3,(H,10,12). The van der Waals surface area contributed by atoms with Crippen molar-refractivity contribution in [2.45, 2.75) is 0 Å². The Labute approximate surface area is 98.9 Å². The highest BCUT2D eigenvalue weighted by atomic mass is 32.2. The van der Waals surface area contributed by atoms with Crippen LogP contribution in [-0.2, 0) is 0 Å². The van der Waals surface area contributed by atoms with Gasteiger partial charge in [-0.1, -0.05) is 25.6 Å². The Morgan fingerprint density at radius 1 is 1.43 bits per heavy atom. The van der Waals surface area contributed by atoms with Gasteiger partial charge in [0.15, 0.2) is 0 Å². The van der Waals surface area contributed by atoms with Gasteiger partial charge < -0.3 is 4.74 Å². The van der Waals surface area contributed by atoms with Gasteiger partial charge in [0.05, 0.1) is 18.4 Å². The Bertz CT molecular complexity index is 354. The number of anilines is 1. The normalized spacial score (nSPS) is 9.71. The minimum absolute atomic E-state index is 0.355. The van der Waals surface area contributed by atoms with Crippen LogP contribution in [-0.4, -0.2) is 12.2 Å². The molecule has 0 heterocycles. The molecule has 0 aliphatic rings. The number of nitrogens with zero attached hydrogens (tertiary/aromatic N) is 1. The number of methoxy groups -OCH3 is 1. The van der Waals surface area contributed by atoms with E-state index in [0.717, 1.165) is 0 Å². The van der Waals surface area contributed by atoms with Crippen molar-refractivity contribution in [3.8, 4) is 5.75 Å². The first-order valence-electron chi connectivity index (χ1n) is 3.65. The summed E-state index contributed by atoms with van der Waals surface area (Å²) in [6, 6.07) is 4.99. The first-order chi connectivity index (χ1) is 6.56. The molecule has 0 radical (unpaired) electrons. The van der Waals surface area contributed by atoms with Crippen LogP contribution in [0, 0.1) is 0 Å². The lowest BCUT2D eigenvalue weighted by atomic mass is 10.2. The van der Waals surface area contributed by atoms with Gasteiger partial charge in [0.2, 0.25) is 5.12 Å². The van der Waals surface area contributed by atoms with Crippen LogP contribution < -0.4 is 8.45 Å². The SMILES string of the molecule is COc1ccc(N(S)S)c(C(=O)S)c1. The molecular formula is C8H9NO2S3. The molecule has 14 heavy (non-hydrogen) atoms. The molecule has 0 atom stereocenters. The van der Waals surface area contributed by atoms with Gasteiger partial charge in [0, 0.05) is 0 Å². The fraction of sp³-hybridized carbons (Fsp3) is 0.125. The van der Waals surface area contributed by atoms with Gasteiger partial charge in [0.1, 0.15) is 5.75 Å². The number of ether oxygens (including phenoxy) is 1. The number of rotatable bonds is 3. The number of carbonyl (C=O) groups is 1. The maximum Gasteiger partial charge on any atom is 0.218 e. The predicted molar refractivity (Wildman–Crippen MR) is 66.8 cm³/mol. The highest BCUT2D eigenvalue weighted by Gasteiger charge is 2.11. The van der Waals surface area contributed by atoms with E-state index in [4.69, 9.17) is 4.74 Å². The Hall–Kier alpha value is -0.460. The first kappa shape index (κ1) is 11.6. The molecule has 0 saturated carbocycles. The van der Waals surface area contributed by atoms with E-state index in [9.17, 15) is 4.79 Å². The van der Waals surface area contributed by atoms with Gasteiger partial charge in [-0.15, -0.1) is 12.6 Å². The monoisotopic (exact) mass is 247 g/mol. The summed E-state index contributed by atoms with van der Waals surface area (Å²) in [5.74, 6) is 0.592. The Morgan fingerprint density at radius 2 is 2.07 bits per heavy atom. The van der Waals surface area contributed by atoms with E-state index in [1.165, 1.54) is 10.8 Å². The minimum atomic E-state index is -0.355. The van der Waals surface area contributed by atoms with E-state index in [0.29, 0.717) is 17.0 Å². The fourth-order valence-corrected chi connectivity index (χ4v) is 1.52. The second kappa shape index (κ2) is 4.86. The first-order valence-corrected chi connectivity index (χ1v) is 4.90. The molecule has 0 aliphatic heterocycles. The number of hydrogen-bond acceptors (Lipinski definition) is 5. The number of carbonyl (C=O) groups excluding carboxylic acids is 1. The highest BCUT2D eigenvalue weighted by molar-refractivity contribution is 8.00. The third-order valence-electron chi connectivity index (χ3n) is 1.65. The summed E-state index contributed by atoms with van der Waals surface area (Å²) in [5, 5.41) is -0.355. The lowest BCUT2D eigenvalue weighted by molar-refractivity contribution is 0.109. The Kier molecular flexibility index (Phi) is 4.03. The molecule has 1 rings (SSSR count). The number of thiol groups is 3. The zero-order chi connectivity index (χ0) is 10.7. The van der Waals surface area contributed by atoms with Crippen LogP contribution in [0.5, 0.6) is 5.75 Å². The van der Waals surface area contributed by atoms with Crippen molar-refractivity contribution in [1.29, 1.82) is 0 Å². The molecule has 0 saturated heterocycles. The van der Waals surface area contributed by atoms with E-state index in [2.05, 4.69) is 38.3 Å². The maximum absolute atomic E-state index is 11.2. The number of hydrogen-bond donors (Lipinski definition) is 3. The molecule has 0 aromatic heterocycles. The predicted octanol–water partition coefficient (Wildman–Crippen LogP) is 2.26. The van der Waals surface area contributed by atoms with Crippen LogP contribution >= 0.6 is 38.3 Å². The van der Waals surface area contributed by atoms with Gasteiger partial charge in [-0.2, -0.15) is 0 Å². The number of benzene rings is 1. The van der Waals surface area contributed by atoms with Crippen LogP contribution in [0.2, 0.25) is 0 Å². The van der Waals surface area contributed by atoms with Crippen molar-refractivity contribution in [3.63, 3.8) is 0 Å². The van der Waals surface area contributed by atoms with Gasteiger partial charge in [0.25, 0.3) is 0 Å². The topological polar surface area (TPSA) is 29.5 Å². The van der Waals surface area contributed by atoms with Gasteiger partial charge >= 0.3 is 0 Å². The van der Waals surface area contributed by atoms with Crippen LogP contribution in [0.3, 0.4) is 0 Å². The van der Waals surface area contributed by atoms with Crippen LogP contribution in [0.4, 0.5) is 5.69 Å². The third kappa shape index (κ3) is 2.52.